The molecule has 0 aliphatic carbocycles. The molecule has 0 atom stereocenters. The van der Waals surface area contributed by atoms with E-state index < -0.39 is 5.54 Å². The van der Waals surface area contributed by atoms with Gasteiger partial charge in [0.1, 0.15) is 5.82 Å². The molecule has 22 heavy (non-hydrogen) atoms. The molecule has 1 aliphatic rings. The lowest BCUT2D eigenvalue weighted by molar-refractivity contribution is -0.141. The first-order valence-corrected chi connectivity index (χ1v) is 7.85. The first-order chi connectivity index (χ1) is 9.96. The fraction of sp³-hybridized carbons (Fsp3) is 0.533. The highest BCUT2D eigenvalue weighted by molar-refractivity contribution is 9.10. The van der Waals surface area contributed by atoms with Crippen LogP contribution in [0.3, 0.4) is 0 Å². The van der Waals surface area contributed by atoms with Crippen molar-refractivity contribution in [3.05, 3.63) is 34.1 Å². The Morgan fingerprint density at radius 2 is 2.09 bits per heavy atom. The maximum atomic E-state index is 13.9. The molecule has 0 unspecified atom stereocenters. The number of ether oxygens (including phenoxy) is 1. The molecule has 2 rings (SSSR count). The third-order valence-electron chi connectivity index (χ3n) is 3.85. The Bertz CT molecular complexity index is 524. The number of likely N-dealkylation sites (N-methyl/N-ethyl adjacent to an activating group) is 1. The topological polar surface area (TPSA) is 55.6 Å². The summed E-state index contributed by atoms with van der Waals surface area (Å²) in [5, 5.41) is 0. The summed E-state index contributed by atoms with van der Waals surface area (Å²) in [4.78, 5) is 14.3. The van der Waals surface area contributed by atoms with Crippen molar-refractivity contribution in [3.63, 3.8) is 0 Å². The predicted molar refractivity (Wildman–Crippen MR) is 89.4 cm³/mol. The highest BCUT2D eigenvalue weighted by Gasteiger charge is 2.38. The number of hydrogen-bond donors (Lipinski definition) is 1. The molecule has 1 aliphatic heterocycles. The van der Waals surface area contributed by atoms with Crippen LogP contribution < -0.4 is 5.73 Å². The molecule has 1 saturated heterocycles. The summed E-state index contributed by atoms with van der Waals surface area (Å²) in [6.45, 7) is 3.57. The zero-order valence-electron chi connectivity index (χ0n) is 12.5. The summed E-state index contributed by atoms with van der Waals surface area (Å²) in [6, 6.07) is 4.72. The largest absolute Gasteiger partial charge is 0.381 e. The van der Waals surface area contributed by atoms with E-state index in [0.717, 1.165) is 4.47 Å². The number of carbonyl (C=O) groups excluding carboxylic acids is 1. The highest BCUT2D eigenvalue weighted by atomic mass is 79.9. The van der Waals surface area contributed by atoms with Gasteiger partial charge in [0.25, 0.3) is 0 Å². The van der Waals surface area contributed by atoms with Gasteiger partial charge in [0.05, 0.1) is 5.54 Å². The monoisotopic (exact) mass is 394 g/mol. The summed E-state index contributed by atoms with van der Waals surface area (Å²) in [6.07, 6.45) is 1.01. The van der Waals surface area contributed by atoms with Crippen LogP contribution in [0, 0.1) is 5.82 Å². The van der Waals surface area contributed by atoms with Crippen LogP contribution in [0.5, 0.6) is 0 Å². The number of carbonyl (C=O) groups is 1. The number of nitrogens with zero attached hydrogens (tertiary/aromatic N) is 1. The van der Waals surface area contributed by atoms with E-state index in [1.165, 1.54) is 6.07 Å². The van der Waals surface area contributed by atoms with E-state index in [4.69, 9.17) is 10.5 Å². The van der Waals surface area contributed by atoms with Gasteiger partial charge in [-0.15, -0.1) is 12.4 Å². The van der Waals surface area contributed by atoms with Gasteiger partial charge in [0.2, 0.25) is 5.91 Å². The lowest BCUT2D eigenvalue weighted by Gasteiger charge is -2.36. The van der Waals surface area contributed by atoms with Crippen LogP contribution in [0.25, 0.3) is 0 Å². The lowest BCUT2D eigenvalue weighted by Crippen LogP contribution is -2.57. The molecule has 2 N–H and O–H groups in total. The molecule has 1 aromatic rings. The van der Waals surface area contributed by atoms with Gasteiger partial charge in [-0.05, 0) is 38.0 Å². The van der Waals surface area contributed by atoms with E-state index in [-0.39, 0.29) is 30.7 Å². The predicted octanol–water partition coefficient (Wildman–Crippen LogP) is 2.87. The lowest BCUT2D eigenvalue weighted by atomic mass is 9.89. The van der Waals surface area contributed by atoms with Crippen molar-refractivity contribution in [3.8, 4) is 0 Å². The van der Waals surface area contributed by atoms with Crippen molar-refractivity contribution >= 4 is 34.2 Å². The first kappa shape index (κ1) is 19.4. The van der Waals surface area contributed by atoms with Gasteiger partial charge in [-0.1, -0.05) is 15.9 Å². The van der Waals surface area contributed by atoms with Crippen LogP contribution in [-0.2, 0) is 16.1 Å². The van der Waals surface area contributed by atoms with E-state index in [0.29, 0.717) is 38.2 Å². The van der Waals surface area contributed by atoms with Crippen molar-refractivity contribution in [2.45, 2.75) is 31.8 Å². The molecule has 1 amide bonds. The standard InChI is InChI=1S/C15H20BrFN2O2.ClH/c1-2-19(10-11-9-12(16)3-4-13(11)17)14(20)15(18)5-7-21-8-6-15;/h3-4,9H,2,5-8,10,18H2,1H3;1H. The summed E-state index contributed by atoms with van der Waals surface area (Å²) in [5.74, 6) is -0.449. The zero-order valence-corrected chi connectivity index (χ0v) is 14.9. The number of rotatable bonds is 4. The Labute approximate surface area is 144 Å². The number of benzene rings is 1. The number of hydrogen-bond acceptors (Lipinski definition) is 3. The van der Waals surface area contributed by atoms with Crippen molar-refractivity contribution in [2.75, 3.05) is 19.8 Å². The van der Waals surface area contributed by atoms with Gasteiger partial charge >= 0.3 is 0 Å². The molecule has 0 radical (unpaired) electrons. The minimum atomic E-state index is -0.892. The van der Waals surface area contributed by atoms with E-state index in [1.54, 1.807) is 17.0 Å². The molecule has 124 valence electrons. The number of amides is 1. The van der Waals surface area contributed by atoms with E-state index >= 15 is 0 Å². The van der Waals surface area contributed by atoms with Crippen LogP contribution in [0.15, 0.2) is 22.7 Å². The minimum Gasteiger partial charge on any atom is -0.381 e. The second kappa shape index (κ2) is 8.24. The van der Waals surface area contributed by atoms with Crippen molar-refractivity contribution in [2.24, 2.45) is 5.73 Å². The number of halogens is 3. The molecular weight excluding hydrogens is 375 g/mol. The fourth-order valence-corrected chi connectivity index (χ4v) is 2.87. The average molecular weight is 396 g/mol. The van der Waals surface area contributed by atoms with Gasteiger partial charge in [-0.2, -0.15) is 0 Å². The Morgan fingerprint density at radius 1 is 1.45 bits per heavy atom. The smallest absolute Gasteiger partial charge is 0.243 e. The average Bonchev–Trinajstić information content (AvgIpc) is 2.48. The molecule has 1 fully saturated rings. The molecule has 1 heterocycles. The van der Waals surface area contributed by atoms with Gasteiger partial charge in [0, 0.05) is 36.3 Å². The summed E-state index contributed by atoms with van der Waals surface area (Å²) >= 11 is 3.32. The Hall–Kier alpha value is -0.690. The molecule has 1 aromatic carbocycles. The van der Waals surface area contributed by atoms with Gasteiger partial charge in [0.15, 0.2) is 0 Å². The van der Waals surface area contributed by atoms with Crippen LogP contribution in [0.2, 0.25) is 0 Å². The normalized spacial score (nSPS) is 16.7. The Kier molecular flexibility index (Phi) is 7.25. The van der Waals surface area contributed by atoms with Crippen molar-refractivity contribution < 1.29 is 13.9 Å². The summed E-state index contributed by atoms with van der Waals surface area (Å²) in [5.41, 5.74) is 5.82. The quantitative estimate of drug-likeness (QED) is 0.853. The molecule has 4 nitrogen and oxygen atoms in total. The molecule has 0 spiro atoms. The van der Waals surface area contributed by atoms with Crippen LogP contribution >= 0.6 is 28.3 Å². The van der Waals surface area contributed by atoms with Crippen molar-refractivity contribution in [1.29, 1.82) is 0 Å². The third kappa shape index (κ3) is 4.41. The second-order valence-corrected chi connectivity index (χ2v) is 6.24. The Balaban J connectivity index is 0.00000242. The van der Waals surface area contributed by atoms with Crippen molar-refractivity contribution in [1.82, 2.24) is 4.90 Å². The summed E-state index contributed by atoms with van der Waals surface area (Å²) in [7, 11) is 0. The van der Waals surface area contributed by atoms with Crippen LogP contribution in [0.1, 0.15) is 25.3 Å². The number of nitrogens with two attached hydrogens (primary N) is 1. The van der Waals surface area contributed by atoms with Gasteiger partial charge in [-0.3, -0.25) is 4.79 Å². The maximum absolute atomic E-state index is 13.9. The Morgan fingerprint density at radius 3 is 2.68 bits per heavy atom. The van der Waals surface area contributed by atoms with Gasteiger partial charge < -0.3 is 15.4 Å². The minimum absolute atomic E-state index is 0. The fourth-order valence-electron chi connectivity index (χ4n) is 2.46. The second-order valence-electron chi connectivity index (χ2n) is 5.32. The maximum Gasteiger partial charge on any atom is 0.243 e. The van der Waals surface area contributed by atoms with Gasteiger partial charge in [-0.25, -0.2) is 4.39 Å². The molecule has 0 aromatic heterocycles. The molecular formula is C15H21BrClFN2O2. The molecule has 0 saturated carbocycles. The SMILES string of the molecule is CCN(Cc1cc(Br)ccc1F)C(=O)C1(N)CCOCC1.Cl. The highest BCUT2D eigenvalue weighted by Crippen LogP contribution is 2.23. The van der Waals surface area contributed by atoms with Crippen LogP contribution in [0.4, 0.5) is 4.39 Å². The van der Waals surface area contributed by atoms with E-state index in [2.05, 4.69) is 15.9 Å². The summed E-state index contributed by atoms with van der Waals surface area (Å²) < 4.78 is 19.9. The zero-order chi connectivity index (χ0) is 15.5. The van der Waals surface area contributed by atoms with E-state index in [9.17, 15) is 9.18 Å². The first-order valence-electron chi connectivity index (χ1n) is 7.06. The van der Waals surface area contributed by atoms with Crippen LogP contribution in [-0.4, -0.2) is 36.1 Å². The molecule has 0 bridgehead atoms. The van der Waals surface area contributed by atoms with E-state index in [1.807, 2.05) is 6.92 Å². The molecule has 7 heteroatoms. The third-order valence-corrected chi connectivity index (χ3v) is 4.34.